The molecular formula is C14H20N2O3S. The molecule has 3 N–H and O–H groups in total. The molecule has 0 aliphatic carbocycles. The Labute approximate surface area is 123 Å². The molecule has 20 heavy (non-hydrogen) atoms. The van der Waals surface area contributed by atoms with E-state index in [0.717, 1.165) is 4.90 Å². The second kappa shape index (κ2) is 7.31. The average Bonchev–Trinajstić information content (AvgIpc) is 2.34. The first-order chi connectivity index (χ1) is 9.28. The maximum Gasteiger partial charge on any atom is 0.250 e. The van der Waals surface area contributed by atoms with E-state index < -0.39 is 5.91 Å². The summed E-state index contributed by atoms with van der Waals surface area (Å²) in [4.78, 5) is 23.4. The van der Waals surface area contributed by atoms with Gasteiger partial charge in [0.05, 0.1) is 17.0 Å². The fourth-order valence-corrected chi connectivity index (χ4v) is 2.06. The van der Waals surface area contributed by atoms with Crippen LogP contribution in [0.4, 0.5) is 5.69 Å². The lowest BCUT2D eigenvalue weighted by Gasteiger charge is -2.19. The van der Waals surface area contributed by atoms with E-state index in [-0.39, 0.29) is 23.9 Å². The highest BCUT2D eigenvalue weighted by Crippen LogP contribution is 2.26. The lowest BCUT2D eigenvalue weighted by Crippen LogP contribution is -2.27. The maximum absolute atomic E-state index is 11.8. The van der Waals surface area contributed by atoms with E-state index in [1.54, 1.807) is 6.07 Å². The van der Waals surface area contributed by atoms with Gasteiger partial charge in [-0.25, -0.2) is 0 Å². The highest BCUT2D eigenvalue weighted by Gasteiger charge is 2.14. The molecule has 2 amide bonds. The van der Waals surface area contributed by atoms with Crippen molar-refractivity contribution in [3.63, 3.8) is 0 Å². The molecule has 0 atom stereocenters. The molecule has 0 radical (unpaired) electrons. The molecule has 0 aromatic heterocycles. The van der Waals surface area contributed by atoms with Gasteiger partial charge >= 0.3 is 0 Å². The fraction of sp³-hybridized carbons (Fsp3) is 0.429. The number of primary amides is 1. The van der Waals surface area contributed by atoms with Gasteiger partial charge in [-0.15, -0.1) is 11.8 Å². The first kappa shape index (κ1) is 16.5. The van der Waals surface area contributed by atoms with Crippen molar-refractivity contribution in [2.45, 2.75) is 31.3 Å². The van der Waals surface area contributed by atoms with Crippen molar-refractivity contribution in [3.8, 4) is 0 Å². The number of nitrogens with two attached hydrogens (primary N) is 1. The third kappa shape index (κ3) is 6.58. The normalized spacial score (nSPS) is 11.2. The van der Waals surface area contributed by atoms with Crippen molar-refractivity contribution >= 4 is 29.3 Å². The van der Waals surface area contributed by atoms with Crippen LogP contribution in [0.2, 0.25) is 0 Å². The van der Waals surface area contributed by atoms with E-state index in [0.29, 0.717) is 5.69 Å². The van der Waals surface area contributed by atoms with Crippen LogP contribution in [0.5, 0.6) is 0 Å². The summed E-state index contributed by atoms with van der Waals surface area (Å²) in [5.41, 5.74) is 5.41. The van der Waals surface area contributed by atoms with Gasteiger partial charge in [-0.1, -0.05) is 12.1 Å². The number of benzene rings is 1. The highest BCUT2D eigenvalue weighted by molar-refractivity contribution is 8.00. The Bertz CT molecular complexity index is 484. The Morgan fingerprint density at radius 1 is 1.30 bits per heavy atom. The Kier molecular flexibility index (Phi) is 6.04. The number of rotatable bonds is 6. The number of carbonyl (C=O) groups is 2. The molecule has 1 rings (SSSR count). The average molecular weight is 296 g/mol. The number of carbonyl (C=O) groups excluding carboxylic acids is 2. The predicted molar refractivity (Wildman–Crippen MR) is 80.7 cm³/mol. The minimum absolute atomic E-state index is 0.0156. The van der Waals surface area contributed by atoms with Crippen molar-refractivity contribution < 1.29 is 14.3 Å². The Balaban J connectivity index is 2.62. The first-order valence-corrected chi connectivity index (χ1v) is 7.20. The Hall–Kier alpha value is -1.53. The summed E-state index contributed by atoms with van der Waals surface area (Å²) in [5, 5.41) is 2.77. The molecule has 6 heteroatoms. The van der Waals surface area contributed by atoms with Crippen molar-refractivity contribution in [2.24, 2.45) is 5.73 Å². The number of thioether (sulfide) groups is 1. The number of hydrogen-bond donors (Lipinski definition) is 2. The molecule has 0 bridgehead atoms. The summed E-state index contributed by atoms with van der Waals surface area (Å²) < 4.78 is 5.41. The number of nitrogens with one attached hydrogen (secondary N) is 1. The molecule has 0 aliphatic rings. The van der Waals surface area contributed by atoms with Gasteiger partial charge in [-0.3, -0.25) is 9.59 Å². The highest BCUT2D eigenvalue weighted by atomic mass is 32.2. The first-order valence-electron chi connectivity index (χ1n) is 6.22. The second-order valence-corrected chi connectivity index (χ2v) is 6.22. The Morgan fingerprint density at radius 2 is 1.95 bits per heavy atom. The van der Waals surface area contributed by atoms with Crippen molar-refractivity contribution in [3.05, 3.63) is 24.3 Å². The predicted octanol–water partition coefficient (Wildman–Crippen LogP) is 2.02. The summed E-state index contributed by atoms with van der Waals surface area (Å²) in [7, 11) is 0. The van der Waals surface area contributed by atoms with Gasteiger partial charge in [0, 0.05) is 4.90 Å². The van der Waals surface area contributed by atoms with Crippen LogP contribution in [0.1, 0.15) is 20.8 Å². The summed E-state index contributed by atoms with van der Waals surface area (Å²) in [6, 6.07) is 7.26. The van der Waals surface area contributed by atoms with Gasteiger partial charge in [-0.2, -0.15) is 0 Å². The van der Waals surface area contributed by atoms with Gasteiger partial charge in [0.25, 0.3) is 0 Å². The van der Waals surface area contributed by atoms with Crippen LogP contribution in [0.15, 0.2) is 29.2 Å². The number of hydrogen-bond acceptors (Lipinski definition) is 4. The van der Waals surface area contributed by atoms with Crippen molar-refractivity contribution in [1.29, 1.82) is 0 Å². The lowest BCUT2D eigenvalue weighted by atomic mass is 10.2. The van der Waals surface area contributed by atoms with Crippen molar-refractivity contribution in [1.82, 2.24) is 0 Å². The van der Waals surface area contributed by atoms with Crippen LogP contribution in [-0.2, 0) is 14.3 Å². The zero-order valence-electron chi connectivity index (χ0n) is 11.9. The van der Waals surface area contributed by atoms with E-state index in [9.17, 15) is 9.59 Å². The van der Waals surface area contributed by atoms with Gasteiger partial charge < -0.3 is 15.8 Å². The summed E-state index contributed by atoms with van der Waals surface area (Å²) in [6.07, 6.45) is 0. The molecule has 0 saturated carbocycles. The number of amides is 2. The summed E-state index contributed by atoms with van der Waals surface area (Å²) in [5.74, 6) is -0.454. The van der Waals surface area contributed by atoms with E-state index in [1.165, 1.54) is 11.8 Å². The standard InChI is InChI=1S/C14H20N2O3S/c1-14(2,3)19-8-13(18)16-10-6-4-5-7-11(10)20-9-12(15)17/h4-7H,8-9H2,1-3H3,(H2,15,17)(H,16,18). The van der Waals surface area contributed by atoms with Crippen LogP contribution >= 0.6 is 11.8 Å². The molecule has 1 aromatic rings. The fourth-order valence-electron chi connectivity index (χ4n) is 1.31. The monoisotopic (exact) mass is 296 g/mol. The zero-order valence-corrected chi connectivity index (χ0v) is 12.8. The molecular weight excluding hydrogens is 276 g/mol. The SMILES string of the molecule is CC(C)(C)OCC(=O)Nc1ccccc1SCC(N)=O. The van der Waals surface area contributed by atoms with E-state index in [4.69, 9.17) is 10.5 Å². The minimum Gasteiger partial charge on any atom is -0.369 e. The molecule has 0 saturated heterocycles. The number of ether oxygens (including phenoxy) is 1. The molecule has 0 aliphatic heterocycles. The third-order valence-electron chi connectivity index (χ3n) is 2.17. The number of anilines is 1. The van der Waals surface area contributed by atoms with Crippen LogP contribution in [0.3, 0.4) is 0 Å². The van der Waals surface area contributed by atoms with Crippen LogP contribution in [-0.4, -0.2) is 29.8 Å². The van der Waals surface area contributed by atoms with Gasteiger partial charge in [0.15, 0.2) is 0 Å². The van der Waals surface area contributed by atoms with Crippen LogP contribution in [0, 0.1) is 0 Å². The lowest BCUT2D eigenvalue weighted by molar-refractivity contribution is -0.125. The molecule has 0 unspecified atom stereocenters. The Morgan fingerprint density at radius 3 is 2.55 bits per heavy atom. The summed E-state index contributed by atoms with van der Waals surface area (Å²) in [6.45, 7) is 5.64. The van der Waals surface area contributed by atoms with E-state index in [1.807, 2.05) is 39.0 Å². The summed E-state index contributed by atoms with van der Waals surface area (Å²) >= 11 is 1.29. The smallest absolute Gasteiger partial charge is 0.250 e. The maximum atomic E-state index is 11.8. The quantitative estimate of drug-likeness (QED) is 0.787. The third-order valence-corrected chi connectivity index (χ3v) is 3.26. The number of para-hydroxylation sites is 1. The molecule has 1 aromatic carbocycles. The topological polar surface area (TPSA) is 81.4 Å². The van der Waals surface area contributed by atoms with E-state index >= 15 is 0 Å². The molecule has 0 spiro atoms. The second-order valence-electron chi connectivity index (χ2n) is 5.20. The van der Waals surface area contributed by atoms with Crippen LogP contribution in [0.25, 0.3) is 0 Å². The van der Waals surface area contributed by atoms with Gasteiger partial charge in [0.1, 0.15) is 6.61 Å². The van der Waals surface area contributed by atoms with Gasteiger partial charge in [-0.05, 0) is 32.9 Å². The van der Waals surface area contributed by atoms with Crippen molar-refractivity contribution in [2.75, 3.05) is 17.7 Å². The molecule has 5 nitrogen and oxygen atoms in total. The minimum atomic E-state index is -0.396. The van der Waals surface area contributed by atoms with Crippen LogP contribution < -0.4 is 11.1 Å². The molecule has 110 valence electrons. The molecule has 0 heterocycles. The van der Waals surface area contributed by atoms with Gasteiger partial charge in [0.2, 0.25) is 11.8 Å². The van der Waals surface area contributed by atoms with E-state index in [2.05, 4.69) is 5.32 Å². The zero-order chi connectivity index (χ0) is 15.2. The largest absolute Gasteiger partial charge is 0.369 e. The molecule has 0 fully saturated rings.